The standard InChI is InChI=1S/C7H11ClNO.BrH/c1-7(2)6(4-8)10-5-9(7)3;/h4-5H,1-3H3;1H/q+1;/p-1/b6-4-;. The highest BCUT2D eigenvalue weighted by atomic mass is 79.9. The lowest BCUT2D eigenvalue weighted by Gasteiger charge is -2.11. The van der Waals surface area contributed by atoms with Gasteiger partial charge in [-0.15, -0.1) is 0 Å². The van der Waals surface area contributed by atoms with E-state index >= 15 is 0 Å². The minimum Gasteiger partial charge on any atom is -1.00 e. The van der Waals surface area contributed by atoms with Crippen LogP contribution in [0, 0.1) is 0 Å². The second-order valence-electron chi connectivity index (χ2n) is 2.87. The van der Waals surface area contributed by atoms with Crippen LogP contribution in [-0.4, -0.2) is 23.6 Å². The Morgan fingerprint density at radius 1 is 1.64 bits per heavy atom. The monoisotopic (exact) mass is 239 g/mol. The van der Waals surface area contributed by atoms with Gasteiger partial charge in [0.25, 0.3) is 0 Å². The number of hydrogen-bond donors (Lipinski definition) is 0. The van der Waals surface area contributed by atoms with Crippen LogP contribution in [0.4, 0.5) is 0 Å². The first-order valence-corrected chi connectivity index (χ1v) is 3.56. The third-order valence-electron chi connectivity index (χ3n) is 1.92. The molecule has 0 amide bonds. The van der Waals surface area contributed by atoms with Gasteiger partial charge >= 0.3 is 6.40 Å². The fourth-order valence-electron chi connectivity index (χ4n) is 0.745. The van der Waals surface area contributed by atoms with Gasteiger partial charge in [-0.25, -0.2) is 0 Å². The first-order valence-electron chi connectivity index (χ1n) is 3.13. The van der Waals surface area contributed by atoms with Gasteiger partial charge in [-0.05, 0) is 0 Å². The molecular formula is C7H11BrClNO. The zero-order valence-corrected chi connectivity index (χ0v) is 9.11. The van der Waals surface area contributed by atoms with E-state index in [0.29, 0.717) is 0 Å². The molecule has 0 aromatic carbocycles. The van der Waals surface area contributed by atoms with Crippen molar-refractivity contribution in [2.24, 2.45) is 0 Å². The molecule has 0 N–H and O–H groups in total. The van der Waals surface area contributed by atoms with Crippen LogP contribution < -0.4 is 17.0 Å². The summed E-state index contributed by atoms with van der Waals surface area (Å²) in [4.78, 5) is 0. The van der Waals surface area contributed by atoms with Gasteiger partial charge in [0, 0.05) is 13.8 Å². The van der Waals surface area contributed by atoms with Crippen LogP contribution in [0.5, 0.6) is 0 Å². The summed E-state index contributed by atoms with van der Waals surface area (Å²) in [5.41, 5.74) is 1.38. The van der Waals surface area contributed by atoms with Gasteiger partial charge < -0.3 is 21.7 Å². The van der Waals surface area contributed by atoms with E-state index < -0.39 is 0 Å². The maximum atomic E-state index is 5.52. The second kappa shape index (κ2) is 3.59. The summed E-state index contributed by atoms with van der Waals surface area (Å²) in [6.07, 6.45) is 1.66. The lowest BCUT2D eigenvalue weighted by molar-refractivity contribution is -0.553. The number of rotatable bonds is 0. The summed E-state index contributed by atoms with van der Waals surface area (Å²) < 4.78 is 7.13. The van der Waals surface area contributed by atoms with Gasteiger partial charge in [-0.3, -0.25) is 0 Å². The molecule has 0 aromatic heterocycles. The SMILES string of the molecule is C[N+]1=CO/C(=C\Cl)C1(C)C.[Br-]. The zero-order valence-electron chi connectivity index (χ0n) is 6.77. The van der Waals surface area contributed by atoms with E-state index in [4.69, 9.17) is 16.3 Å². The molecule has 64 valence electrons. The topological polar surface area (TPSA) is 12.2 Å². The molecule has 1 heterocycles. The summed E-state index contributed by atoms with van der Waals surface area (Å²) in [5.74, 6) is 0.789. The average Bonchev–Trinajstić information content (AvgIpc) is 2.10. The van der Waals surface area contributed by atoms with Crippen molar-refractivity contribution in [2.45, 2.75) is 19.4 Å². The molecular weight excluding hydrogens is 229 g/mol. The smallest absolute Gasteiger partial charge is 0.329 e. The molecule has 0 saturated heterocycles. The highest BCUT2D eigenvalue weighted by Crippen LogP contribution is 2.24. The molecule has 0 radical (unpaired) electrons. The maximum Gasteiger partial charge on any atom is 0.329 e. The van der Waals surface area contributed by atoms with E-state index in [9.17, 15) is 0 Å². The minimum atomic E-state index is -0.0955. The van der Waals surface area contributed by atoms with Gasteiger partial charge in [0.1, 0.15) is 7.05 Å². The van der Waals surface area contributed by atoms with E-state index in [2.05, 4.69) is 0 Å². The summed E-state index contributed by atoms with van der Waals surface area (Å²) >= 11 is 5.52. The Morgan fingerprint density at radius 2 is 2.18 bits per heavy atom. The molecule has 0 bridgehead atoms. The van der Waals surface area contributed by atoms with E-state index in [0.717, 1.165) is 5.76 Å². The maximum absolute atomic E-state index is 5.52. The Hall–Kier alpha value is -0.0200. The molecule has 0 atom stereocenters. The van der Waals surface area contributed by atoms with Gasteiger partial charge in [-0.2, -0.15) is 4.58 Å². The van der Waals surface area contributed by atoms with Crippen molar-refractivity contribution >= 4 is 18.0 Å². The molecule has 0 saturated carbocycles. The highest BCUT2D eigenvalue weighted by molar-refractivity contribution is 6.25. The van der Waals surface area contributed by atoms with Crippen LogP contribution in [0.25, 0.3) is 0 Å². The van der Waals surface area contributed by atoms with Crippen LogP contribution in [0.2, 0.25) is 0 Å². The van der Waals surface area contributed by atoms with Crippen LogP contribution in [0.3, 0.4) is 0 Å². The van der Waals surface area contributed by atoms with Crippen LogP contribution in [0.1, 0.15) is 13.8 Å². The van der Waals surface area contributed by atoms with E-state index in [1.807, 2.05) is 25.5 Å². The summed E-state index contributed by atoms with van der Waals surface area (Å²) in [6, 6.07) is 0. The molecule has 0 aliphatic carbocycles. The number of ether oxygens (including phenoxy) is 1. The predicted molar refractivity (Wildman–Crippen MR) is 41.3 cm³/mol. The van der Waals surface area contributed by atoms with E-state index in [-0.39, 0.29) is 22.5 Å². The number of hydrogen-bond acceptors (Lipinski definition) is 1. The van der Waals surface area contributed by atoms with Crippen molar-refractivity contribution in [1.29, 1.82) is 0 Å². The van der Waals surface area contributed by atoms with Crippen molar-refractivity contribution in [1.82, 2.24) is 0 Å². The molecule has 1 rings (SSSR count). The quantitative estimate of drug-likeness (QED) is 0.472. The number of halogens is 2. The van der Waals surface area contributed by atoms with Crippen LogP contribution in [0.15, 0.2) is 11.3 Å². The van der Waals surface area contributed by atoms with E-state index in [1.54, 1.807) is 6.40 Å². The molecule has 0 unspecified atom stereocenters. The van der Waals surface area contributed by atoms with Gasteiger partial charge in [0.05, 0.1) is 5.54 Å². The summed E-state index contributed by atoms with van der Waals surface area (Å²) in [6.45, 7) is 4.09. The lowest BCUT2D eigenvalue weighted by atomic mass is 10.0. The van der Waals surface area contributed by atoms with Gasteiger partial charge in [-0.1, -0.05) is 11.6 Å². The van der Waals surface area contributed by atoms with Crippen molar-refractivity contribution in [3.63, 3.8) is 0 Å². The third-order valence-corrected chi connectivity index (χ3v) is 2.12. The largest absolute Gasteiger partial charge is 1.00 e. The summed E-state index contributed by atoms with van der Waals surface area (Å²) in [7, 11) is 1.95. The Bertz CT molecular complexity index is 210. The van der Waals surface area contributed by atoms with Crippen LogP contribution in [-0.2, 0) is 4.74 Å². The zero-order chi connectivity index (χ0) is 7.78. The molecule has 4 heteroatoms. The van der Waals surface area contributed by atoms with Crippen LogP contribution >= 0.6 is 11.6 Å². The summed E-state index contributed by atoms with van der Waals surface area (Å²) in [5, 5.41) is 0. The Balaban J connectivity index is 0.000001000. The first kappa shape index (κ1) is 11.0. The molecule has 0 spiro atoms. The minimum absolute atomic E-state index is 0. The van der Waals surface area contributed by atoms with Crippen molar-refractivity contribution < 1.29 is 26.3 Å². The fraction of sp³-hybridized carbons (Fsp3) is 0.571. The average molecular weight is 241 g/mol. The van der Waals surface area contributed by atoms with Gasteiger partial charge in [0.2, 0.25) is 5.54 Å². The predicted octanol–water partition coefficient (Wildman–Crippen LogP) is -1.45. The molecule has 0 aromatic rings. The molecule has 1 aliphatic rings. The Labute approximate surface area is 82.3 Å². The molecule has 11 heavy (non-hydrogen) atoms. The Kier molecular flexibility index (Phi) is 3.58. The molecule has 2 nitrogen and oxygen atoms in total. The van der Waals surface area contributed by atoms with Gasteiger partial charge in [0.15, 0.2) is 5.76 Å². The third kappa shape index (κ3) is 1.76. The fourth-order valence-corrected chi connectivity index (χ4v) is 1.06. The molecule has 0 fully saturated rings. The normalized spacial score (nSPS) is 24.0. The highest BCUT2D eigenvalue weighted by Gasteiger charge is 2.39. The van der Waals surface area contributed by atoms with Crippen molar-refractivity contribution in [3.05, 3.63) is 11.3 Å². The lowest BCUT2D eigenvalue weighted by Crippen LogP contribution is -3.00. The number of likely N-dealkylation sites (N-methyl/N-ethyl adjacent to an activating group) is 1. The van der Waals surface area contributed by atoms with Crippen molar-refractivity contribution in [2.75, 3.05) is 7.05 Å². The second-order valence-corrected chi connectivity index (χ2v) is 3.08. The first-order chi connectivity index (χ1) is 4.59. The number of nitrogens with zero attached hydrogens (tertiary/aromatic N) is 1. The van der Waals surface area contributed by atoms with Crippen molar-refractivity contribution in [3.8, 4) is 0 Å². The Morgan fingerprint density at radius 3 is 2.36 bits per heavy atom. The molecule has 1 aliphatic heterocycles. The van der Waals surface area contributed by atoms with E-state index in [1.165, 1.54) is 5.54 Å².